The lowest BCUT2D eigenvalue weighted by Crippen LogP contribution is -2.58. The number of anilines is 1. The predicted octanol–water partition coefficient (Wildman–Crippen LogP) is 3.65. The van der Waals surface area contributed by atoms with Gasteiger partial charge in [0.25, 0.3) is 5.91 Å². The van der Waals surface area contributed by atoms with Crippen LogP contribution in [0.15, 0.2) is 53.5 Å². The maximum Gasteiger partial charge on any atom is 0.316 e. The van der Waals surface area contributed by atoms with Crippen molar-refractivity contribution in [1.29, 1.82) is 0 Å². The smallest absolute Gasteiger partial charge is 0.316 e. The first-order valence-electron chi connectivity index (χ1n) is 17.6. The molecule has 0 spiro atoms. The Balaban J connectivity index is 1.21. The maximum atomic E-state index is 14.4. The van der Waals surface area contributed by atoms with Crippen LogP contribution in [0.1, 0.15) is 70.2 Å². The number of hydrogen-bond donors (Lipinski definition) is 3. The van der Waals surface area contributed by atoms with Crippen LogP contribution < -0.4 is 20.1 Å². The van der Waals surface area contributed by atoms with Gasteiger partial charge in [0, 0.05) is 24.1 Å². The van der Waals surface area contributed by atoms with Crippen LogP contribution in [0.3, 0.4) is 0 Å². The van der Waals surface area contributed by atoms with Gasteiger partial charge < -0.3 is 24.7 Å². The highest BCUT2D eigenvalue weighted by molar-refractivity contribution is 7.91. The third-order valence-corrected chi connectivity index (χ3v) is 12.2. The molecule has 14 heteroatoms. The minimum atomic E-state index is -3.85. The molecule has 0 radical (unpaired) electrons. The molecular formula is C36H44N6O7S. The van der Waals surface area contributed by atoms with Crippen molar-refractivity contribution in [3.05, 3.63) is 60.5 Å². The quantitative estimate of drug-likeness (QED) is 0.308. The molecule has 4 aliphatic rings. The third-order valence-electron chi connectivity index (χ3n) is 10.3. The first kappa shape index (κ1) is 34.0. The molecule has 1 unspecified atom stereocenters. The van der Waals surface area contributed by atoms with E-state index in [1.165, 1.54) is 16.5 Å². The van der Waals surface area contributed by atoms with E-state index in [2.05, 4.69) is 50.3 Å². The van der Waals surface area contributed by atoms with E-state index in [1.807, 2.05) is 32.0 Å². The van der Waals surface area contributed by atoms with Gasteiger partial charge >= 0.3 is 6.01 Å². The first-order chi connectivity index (χ1) is 24.0. The van der Waals surface area contributed by atoms with Gasteiger partial charge in [0.05, 0.1) is 11.8 Å². The first-order valence-corrected chi connectivity index (χ1v) is 19.1. The zero-order chi connectivity index (χ0) is 35.2. The lowest BCUT2D eigenvalue weighted by molar-refractivity contribution is -0.140. The van der Waals surface area contributed by atoms with E-state index in [-0.39, 0.29) is 37.2 Å². The number of hydrogen-bond acceptors (Lipinski definition) is 10. The molecule has 2 aliphatic carbocycles. The van der Waals surface area contributed by atoms with E-state index in [0.717, 1.165) is 36.5 Å². The Hall–Kier alpha value is -4.46. The second kappa shape index (κ2) is 13.3. The third kappa shape index (κ3) is 6.81. The molecule has 3 aromatic rings. The molecule has 2 aliphatic heterocycles. The molecule has 3 amide bonds. The van der Waals surface area contributed by atoms with Crippen molar-refractivity contribution in [1.82, 2.24) is 25.1 Å². The summed E-state index contributed by atoms with van der Waals surface area (Å²) in [5.74, 6) is -1.28. The van der Waals surface area contributed by atoms with Crippen molar-refractivity contribution >= 4 is 44.5 Å². The number of carbonyl (C=O) groups is 3. The lowest BCUT2D eigenvalue weighted by atomic mass is 10.0. The van der Waals surface area contributed by atoms with Gasteiger partial charge in [-0.05, 0) is 67.5 Å². The molecule has 5 atom stereocenters. The van der Waals surface area contributed by atoms with Crippen molar-refractivity contribution < 1.29 is 32.0 Å². The molecule has 3 fully saturated rings. The fourth-order valence-corrected chi connectivity index (χ4v) is 8.51. The second-order valence-electron chi connectivity index (χ2n) is 14.4. The molecule has 2 saturated carbocycles. The fraction of sp³-hybridized carbons (Fsp3) is 0.528. The van der Waals surface area contributed by atoms with Crippen LogP contribution in [0, 0.1) is 11.8 Å². The Morgan fingerprint density at radius 3 is 2.66 bits per heavy atom. The van der Waals surface area contributed by atoms with E-state index in [9.17, 15) is 22.8 Å². The molecule has 3 heterocycles. The van der Waals surface area contributed by atoms with Crippen molar-refractivity contribution in [3.63, 3.8) is 0 Å². The second-order valence-corrected chi connectivity index (χ2v) is 16.4. The topological polar surface area (TPSA) is 173 Å². The van der Waals surface area contributed by atoms with Gasteiger partial charge in [-0.15, -0.1) is 11.7 Å². The molecule has 266 valence electrons. The molecule has 7 rings (SSSR count). The van der Waals surface area contributed by atoms with E-state index < -0.39 is 56.7 Å². The Morgan fingerprint density at radius 2 is 1.92 bits per heavy atom. The van der Waals surface area contributed by atoms with Crippen molar-refractivity contribution in [2.75, 3.05) is 11.9 Å². The van der Waals surface area contributed by atoms with Crippen LogP contribution in [0.5, 0.6) is 5.75 Å². The van der Waals surface area contributed by atoms with Crippen molar-refractivity contribution in [3.8, 4) is 5.75 Å². The summed E-state index contributed by atoms with van der Waals surface area (Å²) in [6.07, 6.45) is 6.68. The number of nitrogens with zero attached hydrogens (tertiary/aromatic N) is 3. The highest BCUT2D eigenvalue weighted by Crippen LogP contribution is 2.45. The van der Waals surface area contributed by atoms with Gasteiger partial charge in [-0.25, -0.2) is 8.42 Å². The standard InChI is InChI=1S/C36H44N6O7S/c1-4-24-19-36(24,34(45)41-50(46,47)26-15-16-26)38-32(43)28-18-25-20-42(28)33(44)31(21(2)3)37-35-40-39-30(49-35)12-7-5-6-9-22-13-14-23-10-8-11-29(48-25)27(23)17-22/h4,8,10-11,13-14,17,21,24-26,28,31H,1,5-7,9,12,15-16,18-20H2,2-3H3,(H,37,40)(H,38,43)(H,41,45)/t24-,25?,28+,31+,36-/m1/s1. The van der Waals surface area contributed by atoms with Crippen molar-refractivity contribution in [2.45, 2.75) is 101 Å². The number of aromatic nitrogens is 2. The molecule has 13 nitrogen and oxygen atoms in total. The van der Waals surface area contributed by atoms with Crippen LogP contribution in [0.25, 0.3) is 10.8 Å². The molecule has 2 aromatic carbocycles. The minimum absolute atomic E-state index is 0.104. The summed E-state index contributed by atoms with van der Waals surface area (Å²) in [6, 6.07) is 10.5. The summed E-state index contributed by atoms with van der Waals surface area (Å²) >= 11 is 0. The number of amides is 3. The Labute approximate surface area is 291 Å². The van der Waals surface area contributed by atoms with Crippen LogP contribution >= 0.6 is 0 Å². The number of fused-ring (bicyclic) bond motifs is 5. The normalized spacial score (nSPS) is 27.1. The molecule has 3 N–H and O–H groups in total. The van der Waals surface area contributed by atoms with Crippen LogP contribution in [0.2, 0.25) is 0 Å². The summed E-state index contributed by atoms with van der Waals surface area (Å²) in [7, 11) is -3.85. The monoisotopic (exact) mass is 704 g/mol. The summed E-state index contributed by atoms with van der Waals surface area (Å²) in [6.45, 7) is 7.66. The predicted molar refractivity (Wildman–Crippen MR) is 186 cm³/mol. The SMILES string of the molecule is C=C[C@@H]1C[C@]1(NC(=O)[C@@H]1CC2CN1C(=O)[C@H](C(C)C)Nc1nnc(o1)CCCCCc1ccc3cccc(c3c1)O2)C(=O)NS(=O)(=O)C1CC1. The van der Waals surface area contributed by atoms with Gasteiger partial charge in [0.1, 0.15) is 29.5 Å². The Morgan fingerprint density at radius 1 is 1.12 bits per heavy atom. The number of aryl methyl sites for hydroxylation is 2. The summed E-state index contributed by atoms with van der Waals surface area (Å²) < 4.78 is 40.0. The molecule has 50 heavy (non-hydrogen) atoms. The largest absolute Gasteiger partial charge is 0.488 e. The Kier molecular flexibility index (Phi) is 9.08. The average molecular weight is 705 g/mol. The number of rotatable bonds is 7. The molecule has 1 aromatic heterocycles. The van der Waals surface area contributed by atoms with Crippen molar-refractivity contribution in [2.24, 2.45) is 11.8 Å². The van der Waals surface area contributed by atoms with E-state index >= 15 is 0 Å². The Bertz CT molecular complexity index is 1920. The van der Waals surface area contributed by atoms with Crippen LogP contribution in [-0.2, 0) is 37.2 Å². The summed E-state index contributed by atoms with van der Waals surface area (Å²) in [5, 5.41) is 15.7. The number of sulfonamides is 1. The minimum Gasteiger partial charge on any atom is -0.488 e. The number of benzene rings is 2. The molecule has 1 saturated heterocycles. The zero-order valence-corrected chi connectivity index (χ0v) is 29.2. The fourth-order valence-electron chi connectivity index (χ4n) is 7.14. The van der Waals surface area contributed by atoms with E-state index in [4.69, 9.17) is 9.15 Å². The van der Waals surface area contributed by atoms with E-state index in [0.29, 0.717) is 30.9 Å². The van der Waals surface area contributed by atoms with Crippen LogP contribution in [-0.4, -0.2) is 76.8 Å². The summed E-state index contributed by atoms with van der Waals surface area (Å²) in [4.78, 5) is 43.6. The zero-order valence-electron chi connectivity index (χ0n) is 28.4. The van der Waals surface area contributed by atoms with E-state index in [1.54, 1.807) is 0 Å². The van der Waals surface area contributed by atoms with Crippen LogP contribution in [0.4, 0.5) is 6.01 Å². The lowest BCUT2D eigenvalue weighted by Gasteiger charge is -2.30. The van der Waals surface area contributed by atoms with Gasteiger partial charge in [0.15, 0.2) is 0 Å². The number of carbonyl (C=O) groups excluding carboxylic acids is 3. The van der Waals surface area contributed by atoms with Gasteiger partial charge in [-0.2, -0.15) is 0 Å². The number of ether oxygens (including phenoxy) is 1. The van der Waals surface area contributed by atoms with Gasteiger partial charge in [0.2, 0.25) is 27.7 Å². The molecule has 6 bridgehead atoms. The highest BCUT2D eigenvalue weighted by Gasteiger charge is 2.62. The average Bonchev–Trinajstić information content (AvgIpc) is 3.98. The summed E-state index contributed by atoms with van der Waals surface area (Å²) in [5.41, 5.74) is -0.300. The number of nitrogens with one attached hydrogen (secondary N) is 3. The highest BCUT2D eigenvalue weighted by atomic mass is 32.2. The molecular weight excluding hydrogens is 660 g/mol. The maximum absolute atomic E-state index is 14.4. The van der Waals surface area contributed by atoms with Gasteiger partial charge in [-0.1, -0.05) is 55.7 Å². The van der Waals surface area contributed by atoms with Gasteiger partial charge in [-0.3, -0.25) is 19.1 Å².